The van der Waals surface area contributed by atoms with Gasteiger partial charge in [0, 0.05) is 30.4 Å². The van der Waals surface area contributed by atoms with Crippen molar-refractivity contribution in [1.29, 1.82) is 0 Å². The topological polar surface area (TPSA) is 76.3 Å². The van der Waals surface area contributed by atoms with Crippen LogP contribution >= 0.6 is 0 Å². The fourth-order valence-electron chi connectivity index (χ4n) is 1.96. The average molecular weight is 323 g/mol. The molecule has 0 aliphatic heterocycles. The third kappa shape index (κ3) is 3.53. The molecule has 0 bridgehead atoms. The monoisotopic (exact) mass is 323 g/mol. The van der Waals surface area contributed by atoms with E-state index in [9.17, 15) is 8.42 Å². The van der Waals surface area contributed by atoms with Crippen LogP contribution in [0.4, 0.5) is 0 Å². The summed E-state index contributed by atoms with van der Waals surface area (Å²) in [6.45, 7) is 8.01. The van der Waals surface area contributed by atoms with Gasteiger partial charge >= 0.3 is 0 Å². The molecule has 7 heteroatoms. The lowest BCUT2D eigenvalue weighted by atomic mass is 9.92. The molecule has 0 atom stereocenters. The molecular formula is C15H21N3O3S. The van der Waals surface area contributed by atoms with Crippen LogP contribution in [0.1, 0.15) is 37.9 Å². The Kier molecular flexibility index (Phi) is 4.39. The van der Waals surface area contributed by atoms with Crippen LogP contribution in [-0.2, 0) is 22.0 Å². The van der Waals surface area contributed by atoms with E-state index in [4.69, 9.17) is 4.52 Å². The molecule has 0 saturated heterocycles. The highest BCUT2D eigenvalue weighted by atomic mass is 32.2. The highest BCUT2D eigenvalue weighted by Crippen LogP contribution is 2.22. The smallest absolute Gasteiger partial charge is 0.244 e. The number of sulfonamides is 1. The number of hydrogen-bond acceptors (Lipinski definition) is 5. The van der Waals surface area contributed by atoms with Crippen LogP contribution in [0, 0.1) is 6.92 Å². The summed E-state index contributed by atoms with van der Waals surface area (Å²) in [4.78, 5) is 4.44. The van der Waals surface area contributed by atoms with Gasteiger partial charge in [0.15, 0.2) is 0 Å². The first kappa shape index (κ1) is 16.6. The minimum Gasteiger partial charge on any atom is -0.361 e. The second-order valence-electron chi connectivity index (χ2n) is 6.32. The van der Waals surface area contributed by atoms with Crippen molar-refractivity contribution < 1.29 is 12.9 Å². The van der Waals surface area contributed by atoms with E-state index in [1.165, 1.54) is 17.5 Å². The van der Waals surface area contributed by atoms with Crippen LogP contribution < -0.4 is 0 Å². The molecule has 0 unspecified atom stereocenters. The van der Waals surface area contributed by atoms with Crippen molar-refractivity contribution in [3.63, 3.8) is 0 Å². The minimum atomic E-state index is -3.60. The summed E-state index contributed by atoms with van der Waals surface area (Å²) >= 11 is 0. The van der Waals surface area contributed by atoms with Crippen LogP contribution in [0.15, 0.2) is 33.8 Å². The molecule has 0 amide bonds. The second-order valence-corrected chi connectivity index (χ2v) is 8.36. The molecule has 2 aromatic heterocycles. The Morgan fingerprint density at radius 2 is 1.95 bits per heavy atom. The van der Waals surface area contributed by atoms with Crippen molar-refractivity contribution >= 4 is 10.0 Å². The molecule has 0 aliphatic rings. The van der Waals surface area contributed by atoms with E-state index in [1.807, 2.05) is 20.8 Å². The molecular weight excluding hydrogens is 302 g/mol. The molecule has 0 aromatic carbocycles. The second kappa shape index (κ2) is 5.81. The number of nitrogens with zero attached hydrogens (tertiary/aromatic N) is 3. The summed E-state index contributed by atoms with van der Waals surface area (Å²) in [6, 6.07) is 5.06. The largest absolute Gasteiger partial charge is 0.361 e. The van der Waals surface area contributed by atoms with Gasteiger partial charge in [0.05, 0.1) is 12.2 Å². The molecule has 6 nitrogen and oxygen atoms in total. The van der Waals surface area contributed by atoms with E-state index in [2.05, 4.69) is 10.1 Å². The van der Waals surface area contributed by atoms with Crippen molar-refractivity contribution in [2.75, 3.05) is 7.05 Å². The Morgan fingerprint density at radius 1 is 1.27 bits per heavy atom. The summed E-state index contributed by atoms with van der Waals surface area (Å²) in [5, 5.41) is 3.81. The third-order valence-corrected chi connectivity index (χ3v) is 5.06. The van der Waals surface area contributed by atoms with Crippen LogP contribution in [-0.4, -0.2) is 29.9 Å². The van der Waals surface area contributed by atoms with Crippen molar-refractivity contribution in [2.45, 2.75) is 44.6 Å². The van der Waals surface area contributed by atoms with Crippen molar-refractivity contribution in [3.8, 4) is 0 Å². The number of aryl methyl sites for hydroxylation is 1. The molecule has 0 radical (unpaired) electrons. The van der Waals surface area contributed by atoms with Gasteiger partial charge in [-0.2, -0.15) is 4.31 Å². The quantitative estimate of drug-likeness (QED) is 0.864. The fourth-order valence-corrected chi connectivity index (χ4v) is 3.05. The zero-order valence-corrected chi connectivity index (χ0v) is 14.3. The first-order valence-electron chi connectivity index (χ1n) is 6.96. The van der Waals surface area contributed by atoms with Crippen molar-refractivity contribution in [1.82, 2.24) is 14.4 Å². The molecule has 0 aliphatic carbocycles. The molecule has 2 aromatic rings. The molecule has 0 fully saturated rings. The molecule has 22 heavy (non-hydrogen) atoms. The number of pyridine rings is 1. The number of hydrogen-bond donors (Lipinski definition) is 0. The van der Waals surface area contributed by atoms with E-state index >= 15 is 0 Å². The normalized spacial score (nSPS) is 12.8. The summed E-state index contributed by atoms with van der Waals surface area (Å²) in [6.07, 6.45) is 1.40. The Labute approximate surface area is 131 Å². The van der Waals surface area contributed by atoms with Gasteiger partial charge in [-0.25, -0.2) is 8.42 Å². The summed E-state index contributed by atoms with van der Waals surface area (Å²) in [5.74, 6) is 0.650. The molecule has 120 valence electrons. The lowest BCUT2D eigenvalue weighted by Crippen LogP contribution is -2.27. The van der Waals surface area contributed by atoms with Gasteiger partial charge in [-0.3, -0.25) is 4.98 Å². The maximum Gasteiger partial charge on any atom is 0.244 e. The number of rotatable bonds is 4. The average Bonchev–Trinajstić information content (AvgIpc) is 2.83. The van der Waals surface area contributed by atoms with E-state index in [-0.39, 0.29) is 16.9 Å². The van der Waals surface area contributed by atoms with E-state index in [0.717, 1.165) is 5.69 Å². The van der Waals surface area contributed by atoms with E-state index < -0.39 is 10.0 Å². The molecule has 0 saturated carbocycles. The molecule has 2 rings (SSSR count). The van der Waals surface area contributed by atoms with Gasteiger partial charge in [-0.1, -0.05) is 25.9 Å². The molecule has 0 N–H and O–H groups in total. The van der Waals surface area contributed by atoms with Gasteiger partial charge < -0.3 is 4.52 Å². The van der Waals surface area contributed by atoms with Gasteiger partial charge in [0.1, 0.15) is 10.7 Å². The minimum absolute atomic E-state index is 0.119. The molecule has 2 heterocycles. The van der Waals surface area contributed by atoms with E-state index in [1.54, 1.807) is 25.1 Å². The fraction of sp³-hybridized carbons (Fsp3) is 0.467. The highest BCUT2D eigenvalue weighted by molar-refractivity contribution is 7.89. The molecule has 0 spiro atoms. The van der Waals surface area contributed by atoms with Gasteiger partial charge in [-0.05, 0) is 19.1 Å². The predicted octanol–water partition coefficient (Wildman–Crippen LogP) is 2.50. The SMILES string of the molecule is Cc1cc(CN(C)S(=O)(=O)c2ccc(C(C)(C)C)nc2)no1. The van der Waals surface area contributed by atoms with Crippen LogP contribution in [0.2, 0.25) is 0 Å². The van der Waals surface area contributed by atoms with Crippen molar-refractivity contribution in [3.05, 3.63) is 41.5 Å². The van der Waals surface area contributed by atoms with Crippen molar-refractivity contribution in [2.24, 2.45) is 0 Å². The Morgan fingerprint density at radius 3 is 2.41 bits per heavy atom. The van der Waals surface area contributed by atoms with Crippen LogP contribution in [0.5, 0.6) is 0 Å². The standard InChI is InChI=1S/C15H21N3O3S/c1-11-8-12(17-21-11)10-18(5)22(19,20)13-6-7-14(16-9-13)15(2,3)4/h6-9H,10H2,1-5H3. The first-order chi connectivity index (χ1) is 10.1. The van der Waals surface area contributed by atoms with Gasteiger partial charge in [0.25, 0.3) is 0 Å². The van der Waals surface area contributed by atoms with Gasteiger partial charge in [-0.15, -0.1) is 0 Å². The van der Waals surface area contributed by atoms with Crippen LogP contribution in [0.25, 0.3) is 0 Å². The van der Waals surface area contributed by atoms with Crippen LogP contribution in [0.3, 0.4) is 0 Å². The summed E-state index contributed by atoms with van der Waals surface area (Å²) in [5.41, 5.74) is 1.30. The predicted molar refractivity (Wildman–Crippen MR) is 82.8 cm³/mol. The lowest BCUT2D eigenvalue weighted by Gasteiger charge is -2.19. The van der Waals surface area contributed by atoms with Gasteiger partial charge in [0.2, 0.25) is 10.0 Å². The van der Waals surface area contributed by atoms with E-state index in [0.29, 0.717) is 11.5 Å². The zero-order chi connectivity index (χ0) is 16.5. The Hall–Kier alpha value is -1.73. The maximum atomic E-state index is 12.5. The zero-order valence-electron chi connectivity index (χ0n) is 13.5. The first-order valence-corrected chi connectivity index (χ1v) is 8.40. The number of aromatic nitrogens is 2. The Bertz CT molecular complexity index is 743. The highest BCUT2D eigenvalue weighted by Gasteiger charge is 2.23. The third-order valence-electron chi connectivity index (χ3n) is 3.27. The maximum absolute atomic E-state index is 12.5. The lowest BCUT2D eigenvalue weighted by molar-refractivity contribution is 0.378. The summed E-state index contributed by atoms with van der Waals surface area (Å²) in [7, 11) is -2.09. The Balaban J connectivity index is 2.22. The summed E-state index contributed by atoms with van der Waals surface area (Å²) < 4.78 is 31.3.